The zero-order valence-corrected chi connectivity index (χ0v) is 22.1. The molecule has 0 saturated heterocycles. The second-order valence-electron chi connectivity index (χ2n) is 7.98. The fourth-order valence-electron chi connectivity index (χ4n) is 3.02. The number of unbranched alkanes of at least 4 members (excludes halogenated alkanes) is 1. The molecule has 4 unspecified atom stereocenters. The van der Waals surface area contributed by atoms with E-state index >= 15 is 0 Å². The maximum atomic E-state index is 13.0. The molecule has 14 heteroatoms. The number of carbonyl (C=O) groups is 5. The zero-order valence-electron chi connectivity index (χ0n) is 20.4. The van der Waals surface area contributed by atoms with Crippen LogP contribution in [0.4, 0.5) is 0 Å². The maximum absolute atomic E-state index is 13.0. The minimum absolute atomic E-state index is 0.173. The average molecular weight is 537 g/mol. The summed E-state index contributed by atoms with van der Waals surface area (Å²) in [6.45, 7) is 0.498. The lowest BCUT2D eigenvalue weighted by atomic mass is 10.1. The molecule has 4 atom stereocenters. The Labute approximate surface area is 215 Å². The van der Waals surface area contributed by atoms with E-state index < -0.39 is 53.8 Å². The Morgan fingerprint density at radius 3 is 1.69 bits per heavy atom. The molecule has 202 valence electrons. The van der Waals surface area contributed by atoms with Crippen molar-refractivity contribution < 1.29 is 29.1 Å². The Balaban J connectivity index is 5.35. The van der Waals surface area contributed by atoms with E-state index in [4.69, 9.17) is 17.2 Å². The van der Waals surface area contributed by atoms with Crippen molar-refractivity contribution in [3.05, 3.63) is 0 Å². The highest BCUT2D eigenvalue weighted by molar-refractivity contribution is 7.98. The Bertz CT molecular complexity index is 699. The van der Waals surface area contributed by atoms with E-state index in [1.165, 1.54) is 23.5 Å². The van der Waals surface area contributed by atoms with E-state index in [-0.39, 0.29) is 19.3 Å². The van der Waals surface area contributed by atoms with Gasteiger partial charge in [-0.3, -0.25) is 19.2 Å². The van der Waals surface area contributed by atoms with Crippen LogP contribution in [0.5, 0.6) is 0 Å². The van der Waals surface area contributed by atoms with Crippen LogP contribution in [0, 0.1) is 0 Å². The first kappa shape index (κ1) is 33.0. The van der Waals surface area contributed by atoms with Crippen LogP contribution in [-0.4, -0.2) is 89.4 Å². The lowest BCUT2D eigenvalue weighted by molar-refractivity contribution is -0.142. The van der Waals surface area contributed by atoms with E-state index in [0.29, 0.717) is 37.3 Å². The Morgan fingerprint density at radius 1 is 0.771 bits per heavy atom. The molecule has 0 spiro atoms. The first-order valence-corrected chi connectivity index (χ1v) is 14.2. The van der Waals surface area contributed by atoms with Crippen LogP contribution in [0.15, 0.2) is 0 Å². The Morgan fingerprint density at radius 2 is 1.26 bits per heavy atom. The van der Waals surface area contributed by atoms with Crippen LogP contribution in [0.3, 0.4) is 0 Å². The number of hydrogen-bond acceptors (Lipinski definition) is 9. The number of rotatable bonds is 20. The Kier molecular flexibility index (Phi) is 18.1. The summed E-state index contributed by atoms with van der Waals surface area (Å²) in [6, 6.07) is -4.06. The van der Waals surface area contributed by atoms with Gasteiger partial charge in [0.25, 0.3) is 0 Å². The summed E-state index contributed by atoms with van der Waals surface area (Å²) in [5, 5.41) is 17.0. The molecular formula is C21H40N6O6S2. The number of hydrogen-bond donors (Lipinski definition) is 7. The first-order chi connectivity index (χ1) is 16.6. The SMILES string of the molecule is CSCCC(NC(=O)C(N)CCCCN)C(=O)NC(CCSC)C(=O)NC(CCC(N)=O)C(=O)O. The monoisotopic (exact) mass is 536 g/mol. The number of carboxylic acids is 1. The van der Waals surface area contributed by atoms with Gasteiger partial charge in [-0.2, -0.15) is 23.5 Å². The lowest BCUT2D eigenvalue weighted by Gasteiger charge is -2.25. The van der Waals surface area contributed by atoms with Crippen LogP contribution >= 0.6 is 23.5 Å². The molecule has 0 aromatic rings. The van der Waals surface area contributed by atoms with Gasteiger partial charge in [0.05, 0.1) is 6.04 Å². The van der Waals surface area contributed by atoms with Crippen molar-refractivity contribution in [2.45, 2.75) is 69.1 Å². The van der Waals surface area contributed by atoms with Gasteiger partial charge in [-0.15, -0.1) is 0 Å². The third-order valence-corrected chi connectivity index (χ3v) is 6.38. The second kappa shape index (κ2) is 19.2. The first-order valence-electron chi connectivity index (χ1n) is 11.4. The van der Waals surface area contributed by atoms with Gasteiger partial charge in [-0.25, -0.2) is 4.79 Å². The number of carbonyl (C=O) groups excluding carboxylic acids is 4. The highest BCUT2D eigenvalue weighted by Crippen LogP contribution is 2.07. The van der Waals surface area contributed by atoms with Gasteiger partial charge in [-0.1, -0.05) is 6.42 Å². The second-order valence-corrected chi connectivity index (χ2v) is 9.95. The maximum Gasteiger partial charge on any atom is 0.326 e. The van der Waals surface area contributed by atoms with Gasteiger partial charge >= 0.3 is 5.97 Å². The summed E-state index contributed by atoms with van der Waals surface area (Å²) in [5.74, 6) is -2.63. The molecule has 4 amide bonds. The molecule has 0 aliphatic rings. The Hall–Kier alpha value is -2.03. The number of primary amides is 1. The minimum Gasteiger partial charge on any atom is -0.480 e. The third-order valence-electron chi connectivity index (χ3n) is 5.09. The molecule has 0 saturated carbocycles. The third kappa shape index (κ3) is 14.9. The van der Waals surface area contributed by atoms with Crippen molar-refractivity contribution >= 4 is 53.1 Å². The van der Waals surface area contributed by atoms with Gasteiger partial charge in [0, 0.05) is 6.42 Å². The molecular weight excluding hydrogens is 496 g/mol. The van der Waals surface area contributed by atoms with Crippen LogP contribution in [0.1, 0.15) is 44.9 Å². The molecule has 0 radical (unpaired) electrons. The minimum atomic E-state index is -1.33. The molecule has 0 aliphatic heterocycles. The number of carboxylic acid groups (broad SMARTS) is 1. The smallest absolute Gasteiger partial charge is 0.326 e. The summed E-state index contributed by atoms with van der Waals surface area (Å²) in [7, 11) is 0. The predicted molar refractivity (Wildman–Crippen MR) is 139 cm³/mol. The van der Waals surface area contributed by atoms with Crippen molar-refractivity contribution in [1.82, 2.24) is 16.0 Å². The van der Waals surface area contributed by atoms with Crippen LogP contribution in [0.25, 0.3) is 0 Å². The van der Waals surface area contributed by atoms with Crippen molar-refractivity contribution in [3.63, 3.8) is 0 Å². The number of nitrogens with one attached hydrogen (secondary N) is 3. The molecule has 0 heterocycles. The van der Waals surface area contributed by atoms with E-state index in [0.717, 1.165) is 6.42 Å². The summed E-state index contributed by atoms with van der Waals surface area (Å²) in [5.41, 5.74) is 16.5. The largest absolute Gasteiger partial charge is 0.480 e. The molecule has 10 N–H and O–H groups in total. The number of amides is 4. The highest BCUT2D eigenvalue weighted by atomic mass is 32.2. The average Bonchev–Trinajstić information content (AvgIpc) is 2.81. The quantitative estimate of drug-likeness (QED) is 0.0916. The summed E-state index contributed by atoms with van der Waals surface area (Å²) >= 11 is 2.95. The van der Waals surface area contributed by atoms with Crippen LogP contribution < -0.4 is 33.2 Å². The van der Waals surface area contributed by atoms with E-state index in [1.807, 2.05) is 12.5 Å². The predicted octanol–water partition coefficient (Wildman–Crippen LogP) is -1.25. The lowest BCUT2D eigenvalue weighted by Crippen LogP contribution is -2.57. The number of aliphatic carboxylic acids is 1. The fourth-order valence-corrected chi connectivity index (χ4v) is 3.96. The standard InChI is InChI=1S/C21H40N6O6S2/c1-34-11-8-14(25-18(29)13(23)5-3-4-10-22)19(30)26-15(9-12-35-2)20(31)27-16(21(32)33)6-7-17(24)28/h13-16H,3-12,22-23H2,1-2H3,(H2,24,28)(H,25,29)(H,26,30)(H,27,31)(H,32,33). The number of nitrogens with two attached hydrogens (primary N) is 3. The van der Waals surface area contributed by atoms with Gasteiger partial charge in [-0.05, 0) is 62.7 Å². The molecule has 0 fully saturated rings. The molecule has 0 bridgehead atoms. The molecule has 0 rings (SSSR count). The van der Waals surface area contributed by atoms with Gasteiger partial charge in [0.1, 0.15) is 18.1 Å². The number of thioether (sulfide) groups is 2. The van der Waals surface area contributed by atoms with Gasteiger partial charge in [0.15, 0.2) is 0 Å². The normalized spacial score (nSPS) is 14.3. The van der Waals surface area contributed by atoms with Crippen molar-refractivity contribution in [3.8, 4) is 0 Å². The topological polar surface area (TPSA) is 220 Å². The molecule has 12 nitrogen and oxygen atoms in total. The molecule has 0 aromatic carbocycles. The van der Waals surface area contributed by atoms with Crippen LogP contribution in [-0.2, 0) is 24.0 Å². The van der Waals surface area contributed by atoms with Gasteiger partial charge in [0.2, 0.25) is 23.6 Å². The molecule has 35 heavy (non-hydrogen) atoms. The van der Waals surface area contributed by atoms with Gasteiger partial charge < -0.3 is 38.3 Å². The van der Waals surface area contributed by atoms with Crippen molar-refractivity contribution in [1.29, 1.82) is 0 Å². The highest BCUT2D eigenvalue weighted by Gasteiger charge is 2.30. The van der Waals surface area contributed by atoms with Crippen LogP contribution in [0.2, 0.25) is 0 Å². The van der Waals surface area contributed by atoms with E-state index in [2.05, 4.69) is 16.0 Å². The zero-order chi connectivity index (χ0) is 26.8. The summed E-state index contributed by atoms with van der Waals surface area (Å²) in [6.07, 6.45) is 5.72. The summed E-state index contributed by atoms with van der Waals surface area (Å²) < 4.78 is 0. The summed E-state index contributed by atoms with van der Waals surface area (Å²) in [4.78, 5) is 60.9. The molecule has 0 aromatic heterocycles. The van der Waals surface area contributed by atoms with Crippen molar-refractivity contribution in [2.75, 3.05) is 30.6 Å². The molecule has 0 aliphatic carbocycles. The van der Waals surface area contributed by atoms with Crippen molar-refractivity contribution in [2.24, 2.45) is 17.2 Å². The van der Waals surface area contributed by atoms with E-state index in [1.54, 1.807) is 0 Å². The van der Waals surface area contributed by atoms with E-state index in [9.17, 15) is 29.1 Å². The fraction of sp³-hybridized carbons (Fsp3) is 0.762.